The van der Waals surface area contributed by atoms with Crippen LogP contribution in [0, 0.1) is 0 Å². The molecule has 1 aromatic carbocycles. The molecule has 0 fully saturated rings. The van der Waals surface area contributed by atoms with Gasteiger partial charge in [-0.25, -0.2) is 0 Å². The number of carbonyl (C=O) groups is 1. The third kappa shape index (κ3) is 3.64. The first-order valence-corrected chi connectivity index (χ1v) is 7.05. The summed E-state index contributed by atoms with van der Waals surface area (Å²) >= 11 is 1.33. The van der Waals surface area contributed by atoms with Gasteiger partial charge in [0, 0.05) is 13.6 Å². The number of para-hydroxylation sites is 1. The normalized spacial score (nSPS) is 10.1. The van der Waals surface area contributed by atoms with Crippen LogP contribution >= 0.6 is 11.3 Å². The number of ether oxygens (including phenoxy) is 1. The van der Waals surface area contributed by atoms with Crippen LogP contribution in [0.2, 0.25) is 0 Å². The summed E-state index contributed by atoms with van der Waals surface area (Å²) in [4.78, 5) is 12.1. The fourth-order valence-electron chi connectivity index (χ4n) is 1.64. The van der Waals surface area contributed by atoms with E-state index in [4.69, 9.17) is 10.5 Å². The van der Waals surface area contributed by atoms with Crippen molar-refractivity contribution in [3.63, 3.8) is 0 Å². The first kappa shape index (κ1) is 14.2. The number of hydrogen-bond donors (Lipinski definition) is 3. The van der Waals surface area contributed by atoms with Gasteiger partial charge in [0.1, 0.15) is 17.2 Å². The molecule has 0 aliphatic heterocycles. The van der Waals surface area contributed by atoms with Crippen molar-refractivity contribution in [3.8, 4) is 5.75 Å². The fourth-order valence-corrected chi connectivity index (χ4v) is 2.59. The number of carbonyl (C=O) groups excluding carboxylic acids is 1. The molecule has 5 nitrogen and oxygen atoms in total. The smallest absolute Gasteiger partial charge is 0.263 e. The van der Waals surface area contributed by atoms with E-state index in [9.17, 15) is 4.79 Å². The van der Waals surface area contributed by atoms with Gasteiger partial charge in [0.15, 0.2) is 0 Å². The Kier molecular flexibility index (Phi) is 4.84. The number of nitrogens with two attached hydrogens (primary N) is 1. The van der Waals surface area contributed by atoms with Crippen molar-refractivity contribution in [3.05, 3.63) is 41.3 Å². The highest BCUT2D eigenvalue weighted by molar-refractivity contribution is 7.18. The lowest BCUT2D eigenvalue weighted by atomic mass is 10.3. The quantitative estimate of drug-likeness (QED) is 0.713. The Bertz CT molecular complexity index is 569. The van der Waals surface area contributed by atoms with Crippen LogP contribution in [-0.4, -0.2) is 26.1 Å². The second kappa shape index (κ2) is 6.81. The molecule has 0 aliphatic carbocycles. The summed E-state index contributed by atoms with van der Waals surface area (Å²) in [5.74, 6) is 0.673. The van der Waals surface area contributed by atoms with Gasteiger partial charge in [0.25, 0.3) is 5.91 Å². The van der Waals surface area contributed by atoms with Crippen LogP contribution in [0.5, 0.6) is 5.75 Å². The molecule has 2 rings (SSSR count). The van der Waals surface area contributed by atoms with E-state index in [-0.39, 0.29) is 5.91 Å². The Balaban J connectivity index is 1.81. The number of nitrogens with one attached hydrogen (secondary N) is 2. The Morgan fingerprint density at radius 2 is 2.10 bits per heavy atom. The average Bonchev–Trinajstić information content (AvgIpc) is 2.85. The summed E-state index contributed by atoms with van der Waals surface area (Å²) in [6, 6.07) is 11.4. The molecule has 106 valence electrons. The van der Waals surface area contributed by atoms with Crippen LogP contribution in [-0.2, 0) is 0 Å². The summed E-state index contributed by atoms with van der Waals surface area (Å²) in [6.45, 7) is 1.18. The summed E-state index contributed by atoms with van der Waals surface area (Å²) in [5, 5.41) is 6.61. The van der Waals surface area contributed by atoms with Crippen molar-refractivity contribution < 1.29 is 9.53 Å². The maximum atomic E-state index is 11.5. The van der Waals surface area contributed by atoms with Crippen LogP contribution in [0.3, 0.4) is 0 Å². The molecule has 1 aromatic heterocycles. The predicted octanol–water partition coefficient (Wildman–Crippen LogP) is 2.18. The number of benzene rings is 1. The lowest BCUT2D eigenvalue weighted by Gasteiger charge is -2.06. The summed E-state index contributed by atoms with van der Waals surface area (Å²) in [7, 11) is 1.59. The number of amides is 1. The second-order valence-electron chi connectivity index (χ2n) is 4.06. The van der Waals surface area contributed by atoms with Gasteiger partial charge in [0.2, 0.25) is 0 Å². The molecule has 0 radical (unpaired) electrons. The predicted molar refractivity (Wildman–Crippen MR) is 82.5 cm³/mol. The molecule has 0 saturated heterocycles. The SMILES string of the molecule is CNC(=O)c1sc(NCCOc2ccccc2)cc1N. The maximum Gasteiger partial charge on any atom is 0.263 e. The van der Waals surface area contributed by atoms with Gasteiger partial charge in [-0.3, -0.25) is 4.79 Å². The standard InChI is InChI=1S/C14H17N3O2S/c1-16-14(18)13-11(15)9-12(20-13)17-7-8-19-10-5-3-2-4-6-10/h2-6,9,17H,7-8,15H2,1H3,(H,16,18). The molecule has 0 atom stereocenters. The second-order valence-corrected chi connectivity index (χ2v) is 5.11. The van der Waals surface area contributed by atoms with E-state index < -0.39 is 0 Å². The highest BCUT2D eigenvalue weighted by atomic mass is 32.1. The highest BCUT2D eigenvalue weighted by Crippen LogP contribution is 2.28. The van der Waals surface area contributed by atoms with E-state index in [1.54, 1.807) is 13.1 Å². The minimum atomic E-state index is -0.166. The first-order chi connectivity index (χ1) is 9.70. The molecule has 1 amide bonds. The van der Waals surface area contributed by atoms with Crippen molar-refractivity contribution in [2.24, 2.45) is 0 Å². The number of rotatable bonds is 6. The molecule has 0 bridgehead atoms. The minimum Gasteiger partial charge on any atom is -0.492 e. The zero-order valence-corrected chi connectivity index (χ0v) is 12.0. The van der Waals surface area contributed by atoms with Crippen molar-refractivity contribution in [2.45, 2.75) is 0 Å². The Labute approximate surface area is 121 Å². The molecule has 6 heteroatoms. The number of thiophene rings is 1. The minimum absolute atomic E-state index is 0.166. The third-order valence-electron chi connectivity index (χ3n) is 2.61. The fraction of sp³-hybridized carbons (Fsp3) is 0.214. The van der Waals surface area contributed by atoms with Gasteiger partial charge in [0.05, 0.1) is 10.7 Å². The van der Waals surface area contributed by atoms with E-state index in [1.165, 1.54) is 11.3 Å². The van der Waals surface area contributed by atoms with Gasteiger partial charge >= 0.3 is 0 Å². The molecule has 0 unspecified atom stereocenters. The average molecular weight is 291 g/mol. The topological polar surface area (TPSA) is 76.4 Å². The molecule has 0 aliphatic rings. The van der Waals surface area contributed by atoms with Crippen LogP contribution in [0.1, 0.15) is 9.67 Å². The van der Waals surface area contributed by atoms with Crippen molar-refractivity contribution in [2.75, 3.05) is 31.2 Å². The number of hydrogen-bond acceptors (Lipinski definition) is 5. The molecular weight excluding hydrogens is 274 g/mol. The zero-order valence-electron chi connectivity index (χ0n) is 11.2. The largest absolute Gasteiger partial charge is 0.492 e. The van der Waals surface area contributed by atoms with Gasteiger partial charge in [-0.05, 0) is 18.2 Å². The van der Waals surface area contributed by atoms with Crippen LogP contribution < -0.4 is 21.1 Å². The summed E-state index contributed by atoms with van der Waals surface area (Å²) in [6.07, 6.45) is 0. The summed E-state index contributed by atoms with van der Waals surface area (Å²) < 4.78 is 5.56. The van der Waals surface area contributed by atoms with Gasteiger partial charge in [-0.2, -0.15) is 0 Å². The third-order valence-corrected chi connectivity index (χ3v) is 3.71. The lowest BCUT2D eigenvalue weighted by molar-refractivity contribution is 0.0968. The molecule has 0 spiro atoms. The van der Waals surface area contributed by atoms with E-state index in [1.807, 2.05) is 30.3 Å². The van der Waals surface area contributed by atoms with Crippen LogP contribution in [0.15, 0.2) is 36.4 Å². The molecule has 4 N–H and O–H groups in total. The maximum absolute atomic E-state index is 11.5. The first-order valence-electron chi connectivity index (χ1n) is 6.24. The van der Waals surface area contributed by atoms with Crippen LogP contribution in [0.4, 0.5) is 10.7 Å². The van der Waals surface area contributed by atoms with Crippen molar-refractivity contribution >= 4 is 27.9 Å². The van der Waals surface area contributed by atoms with E-state index in [0.717, 1.165) is 10.8 Å². The molecule has 2 aromatic rings. The highest BCUT2D eigenvalue weighted by Gasteiger charge is 2.12. The van der Waals surface area contributed by atoms with Gasteiger partial charge in [-0.1, -0.05) is 18.2 Å². The number of nitrogen functional groups attached to an aromatic ring is 1. The van der Waals surface area contributed by atoms with Gasteiger partial charge in [-0.15, -0.1) is 11.3 Å². The summed E-state index contributed by atoms with van der Waals surface area (Å²) in [5.41, 5.74) is 6.28. The number of anilines is 2. The van der Waals surface area contributed by atoms with Crippen molar-refractivity contribution in [1.29, 1.82) is 0 Å². The molecular formula is C14H17N3O2S. The van der Waals surface area contributed by atoms with Gasteiger partial charge < -0.3 is 21.1 Å². The Morgan fingerprint density at radius 1 is 1.35 bits per heavy atom. The van der Waals surface area contributed by atoms with E-state index in [0.29, 0.717) is 23.7 Å². The molecule has 20 heavy (non-hydrogen) atoms. The van der Waals surface area contributed by atoms with Crippen LogP contribution in [0.25, 0.3) is 0 Å². The molecule has 0 saturated carbocycles. The lowest BCUT2D eigenvalue weighted by Crippen LogP contribution is -2.17. The monoisotopic (exact) mass is 291 g/mol. The van der Waals surface area contributed by atoms with Crippen molar-refractivity contribution in [1.82, 2.24) is 5.32 Å². The Morgan fingerprint density at radius 3 is 2.80 bits per heavy atom. The molecule has 1 heterocycles. The van der Waals surface area contributed by atoms with E-state index >= 15 is 0 Å². The zero-order chi connectivity index (χ0) is 14.4. The Hall–Kier alpha value is -2.21. The van der Waals surface area contributed by atoms with E-state index in [2.05, 4.69) is 10.6 Å².